The predicted molar refractivity (Wildman–Crippen MR) is 275 cm³/mol. The lowest BCUT2D eigenvalue weighted by Gasteiger charge is -2.50. The van der Waals surface area contributed by atoms with E-state index in [1.54, 1.807) is 60.7 Å². The number of rotatable bonds is 28. The Morgan fingerprint density at radius 2 is 1.10 bits per heavy atom. The number of esters is 6. The largest absolute Gasteiger partial charge is 0.477 e. The number of carbonyl (C=O) groups is 9. The Hall–Kier alpha value is -6.16. The molecule has 0 aromatic heterocycles. The van der Waals surface area contributed by atoms with Gasteiger partial charge in [-0.2, -0.15) is 0 Å². The third-order valence-electron chi connectivity index (χ3n) is 11.4. The maximum absolute atomic E-state index is 15.2. The predicted octanol–water partition coefficient (Wildman–Crippen LogP) is 3.08. The van der Waals surface area contributed by atoms with E-state index in [9.17, 15) is 43.2 Å². The number of carbonyl (C=O) groups excluding carboxylic acids is 9. The van der Waals surface area contributed by atoms with Gasteiger partial charge < -0.3 is 63.3 Å². The molecule has 12 atom stereocenters. The molecule has 0 aliphatic carbocycles. The quantitative estimate of drug-likeness (QED) is 0.0477. The molecule has 0 radical (unpaired) electrons. The first kappa shape index (κ1) is 65.4. The van der Waals surface area contributed by atoms with Crippen molar-refractivity contribution in [2.45, 2.75) is 168 Å². The highest BCUT2D eigenvalue weighted by atomic mass is 31.2. The number of phosphoric acid groups is 1. The molecule has 438 valence electrons. The van der Waals surface area contributed by atoms with E-state index < -0.39 is 163 Å². The van der Waals surface area contributed by atoms with Gasteiger partial charge in [-0.3, -0.25) is 51.9 Å². The molecule has 0 spiro atoms. The molecule has 2 heterocycles. The van der Waals surface area contributed by atoms with Gasteiger partial charge in [-0.15, -0.1) is 0 Å². The Balaban J connectivity index is 1.96. The van der Waals surface area contributed by atoms with E-state index in [0.29, 0.717) is 17.2 Å². The minimum Gasteiger partial charge on any atom is -0.464 e. The third-order valence-corrected chi connectivity index (χ3v) is 14.5. The molecule has 0 bridgehead atoms. The highest BCUT2D eigenvalue weighted by molar-refractivity contribution is 7.48. The van der Waals surface area contributed by atoms with Gasteiger partial charge in [0, 0.05) is 49.6 Å². The Labute approximate surface area is 458 Å². The van der Waals surface area contributed by atoms with E-state index in [4.69, 9.17) is 60.9 Å². The fraction of sp³-hybridized carbons (Fsp3) is 0.588. The van der Waals surface area contributed by atoms with Crippen molar-refractivity contribution >= 4 is 69.4 Å². The molecule has 2 aromatic carbocycles. The zero-order valence-electron chi connectivity index (χ0n) is 46.0. The molecule has 2 saturated heterocycles. The average Bonchev–Trinajstić information content (AvgIpc) is 3.36. The van der Waals surface area contributed by atoms with Crippen LogP contribution in [0.2, 0.25) is 25.7 Å². The van der Waals surface area contributed by atoms with Gasteiger partial charge in [0.25, 0.3) is 5.91 Å². The molecular formula is C51H72N3O23PSi. The van der Waals surface area contributed by atoms with Crippen molar-refractivity contribution in [1.29, 1.82) is 0 Å². The van der Waals surface area contributed by atoms with Gasteiger partial charge in [0.2, 0.25) is 11.8 Å². The minimum absolute atomic E-state index is 0.0973. The zero-order valence-corrected chi connectivity index (χ0v) is 47.9. The van der Waals surface area contributed by atoms with Crippen LogP contribution in [0.25, 0.3) is 0 Å². The van der Waals surface area contributed by atoms with Gasteiger partial charge in [-0.1, -0.05) is 80.3 Å². The van der Waals surface area contributed by atoms with Crippen LogP contribution in [0.4, 0.5) is 0 Å². The fourth-order valence-corrected chi connectivity index (χ4v) is 9.67. The lowest BCUT2D eigenvalue weighted by Crippen LogP contribution is -2.71. The molecule has 28 heteroatoms. The summed E-state index contributed by atoms with van der Waals surface area (Å²) in [7, 11) is -6.60. The van der Waals surface area contributed by atoms with Crippen molar-refractivity contribution in [3.05, 3.63) is 71.8 Å². The Kier molecular flexibility index (Phi) is 25.6. The lowest BCUT2D eigenvalue weighted by atomic mass is 9.93. The standard InChI is InChI=1S/C51H72N3O23PSi/c1-29(49(63)65-22-23-79(9,10)11)52-48(62)30(2)71-46-43(54-41(61)28-68-34(6)58)51(77-78(64,69-24-37-18-14-12-15-19-37)70-25-38-20-16-13-17-21-38)75-40(27-67-33(5)57)45(46)76-50-42(53-31(3)55)47(73-36(8)60)44(72-35(7)59)39(74-50)26-66-32(4)56/h12-21,29-30,39-40,42-47,50-51H,22-28H2,1-11H3,(H,52,62)(H,53,55)(H,54,61)/t29-,30+,39+,40+,42+,43+,44+,45+,46+,47+,50-,51+/m0/s1. The molecule has 4 rings (SSSR count). The van der Waals surface area contributed by atoms with Crippen molar-refractivity contribution < 1.29 is 109 Å². The summed E-state index contributed by atoms with van der Waals surface area (Å²) in [4.78, 5) is 117. The van der Waals surface area contributed by atoms with E-state index in [1.807, 2.05) is 0 Å². The van der Waals surface area contributed by atoms with Crippen LogP contribution < -0.4 is 16.0 Å². The highest BCUT2D eigenvalue weighted by Crippen LogP contribution is 2.53. The van der Waals surface area contributed by atoms with Crippen molar-refractivity contribution in [2.24, 2.45) is 0 Å². The first-order chi connectivity index (χ1) is 37.1. The summed E-state index contributed by atoms with van der Waals surface area (Å²) < 4.78 is 91.6. The van der Waals surface area contributed by atoms with E-state index in [0.717, 1.165) is 41.5 Å². The van der Waals surface area contributed by atoms with Gasteiger partial charge in [0.05, 0.1) is 19.8 Å². The molecule has 3 amide bonds. The smallest absolute Gasteiger partial charge is 0.464 e. The fourth-order valence-electron chi connectivity index (χ4n) is 7.71. The van der Waals surface area contributed by atoms with Crippen LogP contribution in [0.5, 0.6) is 0 Å². The van der Waals surface area contributed by atoms with Crippen LogP contribution in [0.3, 0.4) is 0 Å². The summed E-state index contributed by atoms with van der Waals surface area (Å²) in [6.45, 7) is 12.1. The molecule has 26 nitrogen and oxygen atoms in total. The van der Waals surface area contributed by atoms with Gasteiger partial charge >= 0.3 is 43.6 Å². The lowest BCUT2D eigenvalue weighted by molar-refractivity contribution is -0.332. The second-order valence-electron chi connectivity index (χ2n) is 19.6. The maximum Gasteiger partial charge on any atom is 0.477 e. The van der Waals surface area contributed by atoms with Crippen molar-refractivity contribution in [3.8, 4) is 0 Å². The van der Waals surface area contributed by atoms with Crippen molar-refractivity contribution in [2.75, 3.05) is 26.4 Å². The van der Waals surface area contributed by atoms with Gasteiger partial charge in [0.1, 0.15) is 61.9 Å². The number of hydrogen-bond acceptors (Lipinski definition) is 23. The van der Waals surface area contributed by atoms with Crippen molar-refractivity contribution in [1.82, 2.24) is 16.0 Å². The first-order valence-electron chi connectivity index (χ1n) is 25.2. The van der Waals surface area contributed by atoms with Crippen LogP contribution in [0.1, 0.15) is 66.5 Å². The molecule has 2 fully saturated rings. The SMILES string of the molecule is CC(=O)N[C@H]1[C@H](O[C@H]2[C@H](O[C@H](C)C(=O)N[C@@H](C)C(=O)OCC[Si](C)(C)C)[C@@H](NC(=O)COC(C)=O)[C@@H](OP(=O)(OCc3ccccc3)OCc3ccccc3)O[C@@H]2COC(C)=O)O[C@H](COC(C)=O)[C@@H](OC(C)=O)[C@@H]1OC(C)=O. The van der Waals surface area contributed by atoms with E-state index in [-0.39, 0.29) is 19.8 Å². The van der Waals surface area contributed by atoms with Crippen LogP contribution in [-0.2, 0) is 122 Å². The van der Waals surface area contributed by atoms with E-state index in [2.05, 4.69) is 35.6 Å². The Morgan fingerprint density at radius 3 is 1.59 bits per heavy atom. The van der Waals surface area contributed by atoms with Crippen molar-refractivity contribution in [3.63, 3.8) is 0 Å². The number of amides is 3. The monoisotopic (exact) mass is 1150 g/mol. The first-order valence-corrected chi connectivity index (χ1v) is 30.4. The molecular weight excluding hydrogens is 1080 g/mol. The Bertz CT molecular complexity index is 2400. The zero-order chi connectivity index (χ0) is 58.6. The summed E-state index contributed by atoms with van der Waals surface area (Å²) in [5.41, 5.74) is 1.02. The molecule has 2 aliphatic heterocycles. The van der Waals surface area contributed by atoms with Crippen LogP contribution in [-0.4, -0.2) is 161 Å². The molecule has 0 saturated carbocycles. The van der Waals surface area contributed by atoms with Gasteiger partial charge in [-0.25, -0.2) is 9.36 Å². The average molecular weight is 1150 g/mol. The summed E-state index contributed by atoms with van der Waals surface area (Å²) in [5, 5.41) is 7.69. The summed E-state index contributed by atoms with van der Waals surface area (Å²) >= 11 is 0. The summed E-state index contributed by atoms with van der Waals surface area (Å²) in [6.07, 6.45) is -16.0. The third kappa shape index (κ3) is 22.5. The normalized spacial score (nSPS) is 23.8. The van der Waals surface area contributed by atoms with Crippen LogP contribution >= 0.6 is 7.82 Å². The number of ether oxygens (including phenoxy) is 10. The minimum atomic E-state index is -4.97. The van der Waals surface area contributed by atoms with Crippen LogP contribution in [0.15, 0.2) is 60.7 Å². The molecule has 79 heavy (non-hydrogen) atoms. The van der Waals surface area contributed by atoms with Gasteiger partial charge in [-0.05, 0) is 31.0 Å². The molecule has 3 N–H and O–H groups in total. The summed E-state index contributed by atoms with van der Waals surface area (Å²) in [6, 6.07) is 12.8. The van der Waals surface area contributed by atoms with E-state index >= 15 is 4.57 Å². The van der Waals surface area contributed by atoms with E-state index in [1.165, 1.54) is 13.8 Å². The second-order valence-corrected chi connectivity index (χ2v) is 26.8. The summed E-state index contributed by atoms with van der Waals surface area (Å²) in [5.74, 6) is -7.96. The molecule has 0 unspecified atom stereocenters. The maximum atomic E-state index is 15.2. The number of phosphoric ester groups is 1. The second kappa shape index (κ2) is 31.0. The Morgan fingerprint density at radius 1 is 0.608 bits per heavy atom. The number of hydrogen-bond donors (Lipinski definition) is 3. The topological polar surface area (TPSA) is 327 Å². The van der Waals surface area contributed by atoms with Crippen LogP contribution in [0, 0.1) is 0 Å². The highest BCUT2D eigenvalue weighted by Gasteiger charge is 2.57. The number of nitrogens with one attached hydrogen (secondary N) is 3. The number of benzene rings is 2. The molecule has 2 aliphatic rings. The van der Waals surface area contributed by atoms with Gasteiger partial charge in [0.15, 0.2) is 31.4 Å². The molecule has 2 aromatic rings.